The number of nitrogens with zero attached hydrogens (tertiary/aromatic N) is 3. The zero-order valence-corrected chi connectivity index (χ0v) is 11.0. The summed E-state index contributed by atoms with van der Waals surface area (Å²) in [7, 11) is 1.58. The van der Waals surface area contributed by atoms with E-state index in [1.54, 1.807) is 7.05 Å². The van der Waals surface area contributed by atoms with E-state index in [0.29, 0.717) is 5.69 Å². The molecule has 0 aliphatic rings. The van der Waals surface area contributed by atoms with Gasteiger partial charge in [-0.05, 0) is 28.1 Å². The van der Waals surface area contributed by atoms with Gasteiger partial charge in [-0.3, -0.25) is 4.57 Å². The van der Waals surface area contributed by atoms with Crippen LogP contribution in [-0.4, -0.2) is 25.6 Å². The lowest BCUT2D eigenvalue weighted by Crippen LogP contribution is -2.03. The standard InChI is InChI=1S/C11H9ClN4O4/c1-15-5-13-9(16(19)20)10(15)14-6-2-3-8(12)7(4-6)11(17)18/h2-5,14H,1H3,(H,17,18). The average Bonchev–Trinajstić information content (AvgIpc) is 2.73. The highest BCUT2D eigenvalue weighted by Crippen LogP contribution is 2.27. The molecule has 0 atom stereocenters. The maximum Gasteiger partial charge on any atom is 0.406 e. The second-order valence-corrected chi connectivity index (χ2v) is 4.32. The molecule has 8 nitrogen and oxygen atoms in total. The molecule has 1 aromatic carbocycles. The second kappa shape index (κ2) is 5.17. The van der Waals surface area contributed by atoms with Crippen LogP contribution in [0.4, 0.5) is 17.3 Å². The van der Waals surface area contributed by atoms with Gasteiger partial charge in [-0.15, -0.1) is 0 Å². The number of benzene rings is 1. The molecule has 2 rings (SSSR count). The Balaban J connectivity index is 2.40. The Kier molecular flexibility index (Phi) is 3.57. The molecule has 0 bridgehead atoms. The molecule has 0 fully saturated rings. The number of aryl methyl sites for hydroxylation is 1. The Bertz CT molecular complexity index is 698. The van der Waals surface area contributed by atoms with Crippen LogP contribution in [0.25, 0.3) is 0 Å². The third kappa shape index (κ3) is 2.54. The minimum absolute atomic E-state index is 0.0857. The maximum absolute atomic E-state index is 11.0. The molecule has 104 valence electrons. The molecule has 0 radical (unpaired) electrons. The first-order valence-electron chi connectivity index (χ1n) is 5.35. The van der Waals surface area contributed by atoms with E-state index in [1.807, 2.05) is 0 Å². The summed E-state index contributed by atoms with van der Waals surface area (Å²) in [4.78, 5) is 24.8. The van der Waals surface area contributed by atoms with Crippen LogP contribution in [-0.2, 0) is 7.05 Å². The largest absolute Gasteiger partial charge is 0.478 e. The van der Waals surface area contributed by atoms with E-state index < -0.39 is 10.9 Å². The summed E-state index contributed by atoms with van der Waals surface area (Å²) in [6, 6.07) is 4.21. The van der Waals surface area contributed by atoms with Gasteiger partial charge < -0.3 is 20.5 Å². The normalized spacial score (nSPS) is 10.3. The van der Waals surface area contributed by atoms with Gasteiger partial charge in [0.25, 0.3) is 0 Å². The van der Waals surface area contributed by atoms with Crippen molar-refractivity contribution in [1.82, 2.24) is 9.55 Å². The van der Waals surface area contributed by atoms with Crippen molar-refractivity contribution < 1.29 is 14.8 Å². The molecular formula is C11H9ClN4O4. The Hall–Kier alpha value is -2.61. The lowest BCUT2D eigenvalue weighted by atomic mass is 10.2. The van der Waals surface area contributed by atoms with Crippen molar-refractivity contribution in [3.63, 3.8) is 0 Å². The van der Waals surface area contributed by atoms with Gasteiger partial charge in [0, 0.05) is 12.7 Å². The van der Waals surface area contributed by atoms with Gasteiger partial charge in [-0.2, -0.15) is 0 Å². The fourth-order valence-electron chi connectivity index (χ4n) is 1.60. The van der Waals surface area contributed by atoms with Crippen LogP contribution in [0.3, 0.4) is 0 Å². The van der Waals surface area contributed by atoms with Crippen molar-refractivity contribution in [2.24, 2.45) is 7.05 Å². The van der Waals surface area contributed by atoms with Gasteiger partial charge in [-0.1, -0.05) is 11.6 Å². The number of nitrogens with one attached hydrogen (secondary N) is 1. The van der Waals surface area contributed by atoms with E-state index >= 15 is 0 Å². The van der Waals surface area contributed by atoms with Crippen LogP contribution >= 0.6 is 11.6 Å². The fraction of sp³-hybridized carbons (Fsp3) is 0.0909. The van der Waals surface area contributed by atoms with Crippen molar-refractivity contribution >= 4 is 34.9 Å². The first-order chi connectivity index (χ1) is 9.40. The topological polar surface area (TPSA) is 110 Å². The van der Waals surface area contributed by atoms with Crippen molar-refractivity contribution in [1.29, 1.82) is 0 Å². The number of hydrogen-bond donors (Lipinski definition) is 2. The number of halogens is 1. The number of imidazole rings is 1. The molecule has 0 aliphatic heterocycles. The number of carboxylic acids is 1. The van der Waals surface area contributed by atoms with Gasteiger partial charge in [0.1, 0.15) is 0 Å². The molecule has 0 unspecified atom stereocenters. The van der Waals surface area contributed by atoms with Crippen molar-refractivity contribution in [3.8, 4) is 0 Å². The molecule has 0 spiro atoms. The minimum atomic E-state index is -1.18. The summed E-state index contributed by atoms with van der Waals surface area (Å²) in [5.74, 6) is -1.38. The number of carbonyl (C=O) groups is 1. The number of aromatic nitrogens is 2. The smallest absolute Gasteiger partial charge is 0.406 e. The highest BCUT2D eigenvalue weighted by atomic mass is 35.5. The Morgan fingerprint density at radius 1 is 1.55 bits per heavy atom. The van der Waals surface area contributed by atoms with Crippen LogP contribution in [0, 0.1) is 10.1 Å². The molecule has 0 saturated heterocycles. The number of rotatable bonds is 4. The predicted octanol–water partition coefficient (Wildman–Crippen LogP) is 2.42. The summed E-state index contributed by atoms with van der Waals surface area (Å²) in [6.45, 7) is 0. The number of aromatic carboxylic acids is 1. The van der Waals surface area contributed by atoms with Crippen LogP contribution in [0.1, 0.15) is 10.4 Å². The van der Waals surface area contributed by atoms with Gasteiger partial charge in [0.2, 0.25) is 12.1 Å². The molecule has 9 heteroatoms. The Morgan fingerprint density at radius 3 is 2.85 bits per heavy atom. The summed E-state index contributed by atoms with van der Waals surface area (Å²) in [5.41, 5.74) is 0.264. The number of carboxylic acid groups (broad SMARTS) is 1. The first-order valence-corrected chi connectivity index (χ1v) is 5.73. The second-order valence-electron chi connectivity index (χ2n) is 3.91. The van der Waals surface area contributed by atoms with E-state index in [0.717, 1.165) is 0 Å². The van der Waals surface area contributed by atoms with Gasteiger partial charge >= 0.3 is 11.8 Å². The lowest BCUT2D eigenvalue weighted by Gasteiger charge is -2.08. The molecular weight excluding hydrogens is 288 g/mol. The summed E-state index contributed by atoms with van der Waals surface area (Å²) >= 11 is 5.75. The molecule has 0 aliphatic carbocycles. The molecule has 1 heterocycles. The number of hydrogen-bond acceptors (Lipinski definition) is 5. The van der Waals surface area contributed by atoms with E-state index in [1.165, 1.54) is 29.1 Å². The molecule has 0 saturated carbocycles. The SMILES string of the molecule is Cn1cnc([N+](=O)[O-])c1Nc1ccc(Cl)c(C(=O)O)c1. The quantitative estimate of drug-likeness (QED) is 0.662. The van der Waals surface area contributed by atoms with Crippen molar-refractivity contribution in [2.75, 3.05) is 5.32 Å². The summed E-state index contributed by atoms with van der Waals surface area (Å²) in [6.07, 6.45) is 1.29. The van der Waals surface area contributed by atoms with E-state index in [2.05, 4.69) is 10.3 Å². The summed E-state index contributed by atoms with van der Waals surface area (Å²) in [5, 5.41) is 22.7. The number of anilines is 2. The van der Waals surface area contributed by atoms with Crippen molar-refractivity contribution in [2.45, 2.75) is 0 Å². The van der Waals surface area contributed by atoms with E-state index in [-0.39, 0.29) is 22.2 Å². The number of nitro groups is 1. The fourth-order valence-corrected chi connectivity index (χ4v) is 1.80. The zero-order chi connectivity index (χ0) is 14.9. The van der Waals surface area contributed by atoms with Crippen molar-refractivity contribution in [3.05, 3.63) is 45.2 Å². The zero-order valence-electron chi connectivity index (χ0n) is 10.2. The predicted molar refractivity (Wildman–Crippen MR) is 71.6 cm³/mol. The average molecular weight is 297 g/mol. The lowest BCUT2D eigenvalue weighted by molar-refractivity contribution is -0.388. The van der Waals surface area contributed by atoms with Crippen LogP contribution < -0.4 is 5.32 Å². The van der Waals surface area contributed by atoms with Crippen LogP contribution in [0.15, 0.2) is 24.5 Å². The summed E-state index contributed by atoms with van der Waals surface area (Å²) < 4.78 is 1.42. The molecule has 2 N–H and O–H groups in total. The van der Waals surface area contributed by atoms with Crippen LogP contribution in [0.2, 0.25) is 5.02 Å². The van der Waals surface area contributed by atoms with Crippen LogP contribution in [0.5, 0.6) is 0 Å². The Labute approximate surface area is 117 Å². The highest BCUT2D eigenvalue weighted by Gasteiger charge is 2.20. The highest BCUT2D eigenvalue weighted by molar-refractivity contribution is 6.33. The maximum atomic E-state index is 11.0. The third-order valence-electron chi connectivity index (χ3n) is 2.55. The molecule has 1 aromatic heterocycles. The van der Waals surface area contributed by atoms with Gasteiger partial charge in [0.15, 0.2) is 0 Å². The Morgan fingerprint density at radius 2 is 2.25 bits per heavy atom. The first kappa shape index (κ1) is 13.8. The van der Waals surface area contributed by atoms with E-state index in [9.17, 15) is 14.9 Å². The molecule has 0 amide bonds. The third-order valence-corrected chi connectivity index (χ3v) is 2.88. The molecule has 20 heavy (non-hydrogen) atoms. The van der Waals surface area contributed by atoms with Gasteiger partial charge in [0.05, 0.1) is 10.6 Å². The monoisotopic (exact) mass is 296 g/mol. The molecule has 2 aromatic rings. The van der Waals surface area contributed by atoms with E-state index in [4.69, 9.17) is 16.7 Å². The minimum Gasteiger partial charge on any atom is -0.478 e. The van der Waals surface area contributed by atoms with Gasteiger partial charge in [-0.25, -0.2) is 4.79 Å².